The van der Waals surface area contributed by atoms with Gasteiger partial charge in [0.15, 0.2) is 11.9 Å². The first-order chi connectivity index (χ1) is 21.5. The number of guanidine groups is 2. The Kier molecular flexibility index (Phi) is 12.9. The first kappa shape index (κ1) is 39.4. The van der Waals surface area contributed by atoms with Crippen LogP contribution in [0.15, 0.2) is 12.1 Å². The minimum absolute atomic E-state index is 0.0224. The fourth-order valence-corrected chi connectivity index (χ4v) is 6.06. The van der Waals surface area contributed by atoms with E-state index in [2.05, 4.69) is 95.4 Å². The molecule has 12 nitrogen and oxygen atoms in total. The largest absolute Gasteiger partial charge is 0.469 e. The van der Waals surface area contributed by atoms with Crippen LogP contribution in [0.4, 0.5) is 0 Å². The van der Waals surface area contributed by atoms with Gasteiger partial charge in [-0.05, 0) is 65.7 Å². The van der Waals surface area contributed by atoms with Gasteiger partial charge in [-0.25, -0.2) is 0 Å². The molecule has 0 spiro atoms. The van der Waals surface area contributed by atoms with E-state index in [1.807, 2.05) is 0 Å². The van der Waals surface area contributed by atoms with E-state index in [0.717, 1.165) is 22.2 Å². The summed E-state index contributed by atoms with van der Waals surface area (Å²) < 4.78 is 5.23. The molecule has 1 aromatic carbocycles. The molecule has 0 aliphatic carbocycles. The Morgan fingerprint density at radius 2 is 1.38 bits per heavy atom. The Balaban J connectivity index is 2.47. The van der Waals surface area contributed by atoms with Crippen LogP contribution in [0.3, 0.4) is 0 Å². The number of nitrogens with two attached hydrogens (primary N) is 3. The molecule has 1 heterocycles. The highest BCUT2D eigenvalue weighted by atomic mass is 16.5. The number of esters is 1. The van der Waals surface area contributed by atoms with E-state index in [-0.39, 0.29) is 40.6 Å². The molecule has 0 aliphatic heterocycles. The highest BCUT2D eigenvalue weighted by Crippen LogP contribution is 2.41. The number of fused-ring (bicyclic) bond motifs is 1. The van der Waals surface area contributed by atoms with Crippen LogP contribution in [0.1, 0.15) is 110 Å². The number of benzene rings is 1. The third-order valence-corrected chi connectivity index (χ3v) is 8.70. The molecule has 12 N–H and O–H groups in total. The molecule has 0 unspecified atom stereocenters. The van der Waals surface area contributed by atoms with E-state index in [1.165, 1.54) is 18.2 Å². The lowest BCUT2D eigenvalue weighted by Crippen LogP contribution is -2.49. The van der Waals surface area contributed by atoms with Gasteiger partial charge < -0.3 is 42.9 Å². The molecule has 2 aromatic rings. The van der Waals surface area contributed by atoms with Gasteiger partial charge in [0.2, 0.25) is 5.91 Å². The second-order valence-corrected chi connectivity index (χ2v) is 15.9. The first-order valence-electron chi connectivity index (χ1n) is 16.5. The number of rotatable bonds is 14. The number of amides is 1. The second-order valence-electron chi connectivity index (χ2n) is 15.9. The van der Waals surface area contributed by atoms with Crippen LogP contribution in [0.5, 0.6) is 0 Å². The van der Waals surface area contributed by atoms with E-state index in [9.17, 15) is 9.59 Å². The highest BCUT2D eigenvalue weighted by molar-refractivity contribution is 5.92. The Hall–Kier alpha value is -3.80. The van der Waals surface area contributed by atoms with Crippen LogP contribution in [-0.2, 0) is 37.0 Å². The van der Waals surface area contributed by atoms with Gasteiger partial charge in [-0.1, -0.05) is 68.4 Å². The molecule has 2 rings (SSSR count). The van der Waals surface area contributed by atoms with Crippen molar-refractivity contribution in [2.24, 2.45) is 22.6 Å². The summed E-state index contributed by atoms with van der Waals surface area (Å²) in [6.45, 7) is 20.5. The fraction of sp³-hybridized carbons (Fsp3) is 0.657. The molecule has 0 saturated carbocycles. The summed E-state index contributed by atoms with van der Waals surface area (Å²) >= 11 is 0. The van der Waals surface area contributed by atoms with Crippen molar-refractivity contribution in [3.63, 3.8) is 0 Å². The summed E-state index contributed by atoms with van der Waals surface area (Å²) in [5.74, 6) is -1.13. The molecule has 1 atom stereocenters. The molecule has 0 saturated heterocycles. The number of nitrogens with one attached hydrogen (secondary N) is 6. The van der Waals surface area contributed by atoms with Gasteiger partial charge in [-0.3, -0.25) is 20.4 Å². The van der Waals surface area contributed by atoms with Crippen LogP contribution in [0.2, 0.25) is 0 Å². The van der Waals surface area contributed by atoms with Crippen LogP contribution in [0, 0.1) is 16.2 Å². The summed E-state index contributed by atoms with van der Waals surface area (Å²) in [6, 6.07) is 3.64. The third kappa shape index (κ3) is 10.6. The molecule has 12 heteroatoms. The Morgan fingerprint density at radius 3 is 1.81 bits per heavy atom. The number of hydrogen-bond donors (Lipinski definition) is 9. The predicted octanol–water partition coefficient (Wildman–Crippen LogP) is 3.73. The highest BCUT2D eigenvalue weighted by Gasteiger charge is 2.40. The van der Waals surface area contributed by atoms with E-state index in [1.54, 1.807) is 0 Å². The van der Waals surface area contributed by atoms with Gasteiger partial charge in [0, 0.05) is 41.6 Å². The van der Waals surface area contributed by atoms with Gasteiger partial charge >= 0.3 is 5.97 Å². The normalized spacial score (nSPS) is 14.3. The fourth-order valence-electron chi connectivity index (χ4n) is 6.06. The lowest BCUT2D eigenvalue weighted by Gasteiger charge is -2.32. The zero-order valence-corrected chi connectivity index (χ0v) is 30.3. The topological polar surface area (TPSA) is 221 Å². The van der Waals surface area contributed by atoms with E-state index >= 15 is 0 Å². The minimum Gasteiger partial charge on any atom is -0.469 e. The summed E-state index contributed by atoms with van der Waals surface area (Å²) in [4.78, 5) is 30.7. The number of ether oxygens (including phenoxy) is 1. The first-order valence-corrected chi connectivity index (χ1v) is 16.5. The molecule has 47 heavy (non-hydrogen) atoms. The van der Waals surface area contributed by atoms with Crippen molar-refractivity contribution >= 4 is 34.7 Å². The van der Waals surface area contributed by atoms with Gasteiger partial charge in [-0.15, -0.1) is 0 Å². The van der Waals surface area contributed by atoms with Crippen molar-refractivity contribution in [2.75, 3.05) is 26.7 Å². The molecule has 264 valence electrons. The average molecular weight is 656 g/mol. The van der Waals surface area contributed by atoms with Crippen molar-refractivity contribution in [1.82, 2.24) is 20.9 Å². The molecular weight excluding hydrogens is 594 g/mol. The third-order valence-electron chi connectivity index (χ3n) is 8.70. The lowest BCUT2D eigenvalue weighted by molar-refractivity contribution is -0.154. The summed E-state index contributed by atoms with van der Waals surface area (Å²) in [7, 11) is 1.33. The smallest absolute Gasteiger partial charge is 0.313 e. The van der Waals surface area contributed by atoms with Crippen LogP contribution in [-0.4, -0.2) is 61.6 Å². The summed E-state index contributed by atoms with van der Waals surface area (Å²) in [5.41, 5.74) is 21.6. The Morgan fingerprint density at radius 1 is 0.851 bits per heavy atom. The number of carbonyl (C=O) groups excluding carboxylic acids is 2. The maximum atomic E-state index is 13.7. The van der Waals surface area contributed by atoms with E-state index < -0.39 is 17.4 Å². The summed E-state index contributed by atoms with van der Waals surface area (Å²) in [6.07, 6.45) is 2.07. The van der Waals surface area contributed by atoms with Crippen LogP contribution < -0.4 is 33.2 Å². The molecule has 1 amide bonds. The zero-order chi connectivity index (χ0) is 36.0. The summed E-state index contributed by atoms with van der Waals surface area (Å²) in [5, 5.41) is 24.5. The van der Waals surface area contributed by atoms with E-state index in [4.69, 9.17) is 32.8 Å². The Bertz CT molecular complexity index is 1400. The monoisotopic (exact) mass is 655 g/mol. The van der Waals surface area contributed by atoms with Gasteiger partial charge in [0.05, 0.1) is 18.6 Å². The molecule has 1 aromatic heterocycles. The standard InChI is InChI=1S/C35H61N9O3/c1-32(2,3)21-17-23(33(4,5)6)26-22(27(34(7,8)9)44-25(26)18-21)19-24(36)28(45)43-20-35(29(46)47-10,13-11-15-41-30(37)38)14-12-16-42-31(39)40/h17-18,24,44H,11-16,19-20,36H2,1-10H3,(H,43,45)(H4,37,38,41)(H4,39,40,42)/t24-/m0/s1. The van der Waals surface area contributed by atoms with Gasteiger partial charge in [-0.2, -0.15) is 0 Å². The quantitative estimate of drug-likeness (QED) is 0.0630. The van der Waals surface area contributed by atoms with Crippen molar-refractivity contribution in [3.8, 4) is 0 Å². The number of aromatic amines is 1. The minimum atomic E-state index is -1.05. The van der Waals surface area contributed by atoms with Crippen LogP contribution >= 0.6 is 0 Å². The number of H-pyrrole nitrogens is 1. The molecule has 0 aliphatic rings. The van der Waals surface area contributed by atoms with Crippen LogP contribution in [0.25, 0.3) is 10.9 Å². The zero-order valence-electron chi connectivity index (χ0n) is 30.3. The Labute approximate surface area is 281 Å². The van der Waals surface area contributed by atoms with Gasteiger partial charge in [0.25, 0.3) is 0 Å². The van der Waals surface area contributed by atoms with E-state index in [0.29, 0.717) is 45.2 Å². The maximum Gasteiger partial charge on any atom is 0.313 e. The number of methoxy groups -OCH3 is 1. The SMILES string of the molecule is COC(=O)C(CCCNC(=N)N)(CCCNC(=N)N)CNC(=O)[C@@H](N)Cc1c(C(C)(C)C)[nH]c2cc(C(C)(C)C)cc(C(C)(C)C)c12. The molecular formula is C35H61N9O3. The molecule has 0 radical (unpaired) electrons. The average Bonchev–Trinajstić information content (AvgIpc) is 3.32. The van der Waals surface area contributed by atoms with Gasteiger partial charge in [0.1, 0.15) is 0 Å². The maximum absolute atomic E-state index is 13.7. The number of aromatic nitrogens is 1. The van der Waals surface area contributed by atoms with Crippen molar-refractivity contribution in [2.45, 2.75) is 117 Å². The number of carbonyl (C=O) groups is 2. The lowest BCUT2D eigenvalue weighted by atomic mass is 9.77. The molecule has 0 fully saturated rings. The second kappa shape index (κ2) is 15.4. The van der Waals surface area contributed by atoms with Crippen molar-refractivity contribution in [3.05, 3.63) is 34.5 Å². The number of hydrogen-bond acceptors (Lipinski definition) is 6. The van der Waals surface area contributed by atoms with Crippen molar-refractivity contribution in [1.29, 1.82) is 10.8 Å². The van der Waals surface area contributed by atoms with Crippen molar-refractivity contribution < 1.29 is 14.3 Å². The predicted molar refractivity (Wildman–Crippen MR) is 192 cm³/mol. The molecule has 0 bridgehead atoms.